The number of hydrogen-bond acceptors (Lipinski definition) is 4. The molecule has 1 aromatic heterocycles. The molecule has 2 atom stereocenters. The average molecular weight is 352 g/mol. The quantitative estimate of drug-likeness (QED) is 0.649. The van der Waals surface area contributed by atoms with Gasteiger partial charge in [0, 0.05) is 18.2 Å². The van der Waals surface area contributed by atoms with Crippen molar-refractivity contribution < 1.29 is 19.1 Å². The minimum atomic E-state index is -4.23. The summed E-state index contributed by atoms with van der Waals surface area (Å²) in [6.07, 6.45) is 1.36. The highest BCUT2D eigenvalue weighted by atomic mass is 31.2. The zero-order valence-electron chi connectivity index (χ0n) is 12.7. The van der Waals surface area contributed by atoms with Crippen molar-refractivity contribution in [2.75, 3.05) is 13.0 Å². The molecule has 1 aliphatic rings. The van der Waals surface area contributed by atoms with Crippen molar-refractivity contribution in [1.29, 1.82) is 0 Å². The van der Waals surface area contributed by atoms with E-state index in [0.717, 1.165) is 5.56 Å². The van der Waals surface area contributed by atoms with Crippen LogP contribution >= 0.6 is 7.60 Å². The van der Waals surface area contributed by atoms with E-state index in [4.69, 9.17) is 14.5 Å². The third kappa shape index (κ3) is 3.27. The Balaban J connectivity index is 1.92. The second kappa shape index (κ2) is 6.14. The fourth-order valence-corrected chi connectivity index (χ4v) is 3.42. The van der Waals surface area contributed by atoms with Crippen LogP contribution in [0.25, 0.3) is 0 Å². The van der Waals surface area contributed by atoms with Gasteiger partial charge in [0.25, 0.3) is 5.56 Å². The second-order valence-corrected chi connectivity index (χ2v) is 7.42. The summed E-state index contributed by atoms with van der Waals surface area (Å²) in [4.78, 5) is 43.5. The molecule has 24 heavy (non-hydrogen) atoms. The van der Waals surface area contributed by atoms with Gasteiger partial charge in [-0.05, 0) is 12.0 Å². The summed E-state index contributed by atoms with van der Waals surface area (Å²) in [7, 11) is -4.23. The van der Waals surface area contributed by atoms with E-state index in [9.17, 15) is 14.2 Å². The average Bonchev–Trinajstić information content (AvgIpc) is 3.22. The fourth-order valence-electron chi connectivity index (χ4n) is 3.07. The van der Waals surface area contributed by atoms with Gasteiger partial charge in [0.2, 0.25) is 0 Å². The first-order valence-electron chi connectivity index (χ1n) is 7.33. The molecule has 1 aliphatic carbocycles. The highest BCUT2D eigenvalue weighted by Crippen LogP contribution is 2.54. The van der Waals surface area contributed by atoms with Crippen molar-refractivity contribution in [2.24, 2.45) is 5.92 Å². The summed E-state index contributed by atoms with van der Waals surface area (Å²) in [5, 5.41) is 0. The first kappa shape index (κ1) is 16.9. The summed E-state index contributed by atoms with van der Waals surface area (Å²) in [6, 6.07) is 10.6. The van der Waals surface area contributed by atoms with Gasteiger partial charge in [-0.3, -0.25) is 18.9 Å². The van der Waals surface area contributed by atoms with Gasteiger partial charge in [-0.2, -0.15) is 0 Å². The molecule has 0 spiro atoms. The Kier molecular flexibility index (Phi) is 4.31. The number of benzene rings is 1. The smallest absolute Gasteiger partial charge is 0.350 e. The van der Waals surface area contributed by atoms with Crippen molar-refractivity contribution in [1.82, 2.24) is 9.55 Å². The van der Waals surface area contributed by atoms with E-state index in [1.54, 1.807) is 0 Å². The van der Waals surface area contributed by atoms with Crippen molar-refractivity contribution >= 4 is 7.60 Å². The molecule has 1 heterocycles. The Morgan fingerprint density at radius 2 is 1.96 bits per heavy atom. The Morgan fingerprint density at radius 3 is 2.58 bits per heavy atom. The number of hydrogen-bond donors (Lipinski definition) is 3. The molecular formula is C15H17N2O6P. The summed E-state index contributed by atoms with van der Waals surface area (Å²) < 4.78 is 17.5. The molecule has 3 N–H and O–H groups in total. The Morgan fingerprint density at radius 1 is 1.25 bits per heavy atom. The van der Waals surface area contributed by atoms with Crippen LogP contribution in [0.1, 0.15) is 12.0 Å². The van der Waals surface area contributed by atoms with Crippen molar-refractivity contribution in [3.63, 3.8) is 0 Å². The van der Waals surface area contributed by atoms with Crippen LogP contribution in [-0.4, -0.2) is 32.3 Å². The number of nitrogens with one attached hydrogen (secondary N) is 1. The maximum Gasteiger partial charge on any atom is 0.350 e. The number of aromatic nitrogens is 2. The van der Waals surface area contributed by atoms with Crippen LogP contribution in [-0.2, 0) is 14.8 Å². The number of rotatable bonds is 6. The fraction of sp³-hybridized carbons (Fsp3) is 0.333. The molecule has 0 aliphatic heterocycles. The van der Waals surface area contributed by atoms with E-state index in [1.807, 2.05) is 30.3 Å². The van der Waals surface area contributed by atoms with Crippen LogP contribution < -0.4 is 11.2 Å². The van der Waals surface area contributed by atoms with Gasteiger partial charge in [0.05, 0.1) is 12.1 Å². The summed E-state index contributed by atoms with van der Waals surface area (Å²) in [5.41, 5.74) is -0.806. The second-order valence-electron chi connectivity index (χ2n) is 5.84. The first-order valence-corrected chi connectivity index (χ1v) is 9.13. The molecule has 3 rings (SSSR count). The lowest BCUT2D eigenvalue weighted by Crippen LogP contribution is -2.37. The minimum absolute atomic E-state index is 0.103. The molecule has 9 heteroatoms. The van der Waals surface area contributed by atoms with E-state index < -0.39 is 30.7 Å². The van der Waals surface area contributed by atoms with E-state index >= 15 is 0 Å². The third-order valence-corrected chi connectivity index (χ3v) is 4.70. The van der Waals surface area contributed by atoms with Gasteiger partial charge >= 0.3 is 13.3 Å². The van der Waals surface area contributed by atoms with Crippen LogP contribution in [0.2, 0.25) is 0 Å². The Bertz CT molecular complexity index is 887. The van der Waals surface area contributed by atoms with E-state index in [-0.39, 0.29) is 12.5 Å². The third-order valence-electron chi connectivity index (χ3n) is 4.18. The maximum atomic E-state index is 12.2. The van der Waals surface area contributed by atoms with Crippen LogP contribution in [0.5, 0.6) is 0 Å². The predicted molar refractivity (Wildman–Crippen MR) is 85.8 cm³/mol. The number of aromatic amines is 1. The van der Waals surface area contributed by atoms with E-state index in [0.29, 0.717) is 6.42 Å². The van der Waals surface area contributed by atoms with Gasteiger partial charge in [0.15, 0.2) is 0 Å². The molecule has 1 aromatic carbocycles. The maximum absolute atomic E-state index is 12.2. The molecule has 1 saturated carbocycles. The Hall–Kier alpha value is -1.99. The highest BCUT2D eigenvalue weighted by molar-refractivity contribution is 7.51. The van der Waals surface area contributed by atoms with Crippen LogP contribution in [0.3, 0.4) is 0 Å². The molecule has 0 saturated heterocycles. The molecule has 1 fully saturated rings. The lowest BCUT2D eigenvalue weighted by Gasteiger charge is -2.21. The monoisotopic (exact) mass is 352 g/mol. The largest absolute Gasteiger partial charge is 0.368 e. The van der Waals surface area contributed by atoms with Gasteiger partial charge in [-0.15, -0.1) is 0 Å². The summed E-state index contributed by atoms with van der Waals surface area (Å²) >= 11 is 0. The summed E-state index contributed by atoms with van der Waals surface area (Å²) in [5.74, 6) is -0.130. The van der Waals surface area contributed by atoms with E-state index in [1.165, 1.54) is 16.8 Å². The molecule has 0 unspecified atom stereocenters. The van der Waals surface area contributed by atoms with Crippen LogP contribution in [0, 0.1) is 5.92 Å². The number of ether oxygens (including phenoxy) is 1. The SMILES string of the molecule is O=c1ccn([C@]2(c3ccccc3)C[C@@H]2COCP(=O)(O)O)c(=O)[nH]1. The van der Waals surface area contributed by atoms with Crippen molar-refractivity contribution in [2.45, 2.75) is 12.0 Å². The molecule has 128 valence electrons. The normalized spacial score (nSPS) is 23.2. The standard InChI is InChI=1S/C15H17N2O6P/c18-13-6-7-17(14(19)16-13)15(11-4-2-1-3-5-11)8-12(15)9-23-10-24(20,21)22/h1-7,12H,8-10H2,(H,16,18,19)(H2,20,21,22)/t12-,15+/m1/s1. The molecule has 0 amide bonds. The zero-order chi connectivity index (χ0) is 17.4. The molecule has 8 nitrogen and oxygen atoms in total. The van der Waals surface area contributed by atoms with Crippen LogP contribution in [0.15, 0.2) is 52.2 Å². The van der Waals surface area contributed by atoms with Gasteiger partial charge in [-0.1, -0.05) is 30.3 Å². The molecule has 0 radical (unpaired) electrons. The topological polar surface area (TPSA) is 122 Å². The molecule has 0 bridgehead atoms. The van der Waals surface area contributed by atoms with Gasteiger partial charge in [-0.25, -0.2) is 4.79 Å². The Labute approximate surface area is 136 Å². The summed E-state index contributed by atoms with van der Waals surface area (Å²) in [6.45, 7) is 0.103. The lowest BCUT2D eigenvalue weighted by atomic mass is 10.0. The zero-order valence-corrected chi connectivity index (χ0v) is 13.6. The minimum Gasteiger partial charge on any atom is -0.368 e. The highest BCUT2D eigenvalue weighted by Gasteiger charge is 2.57. The lowest BCUT2D eigenvalue weighted by molar-refractivity contribution is 0.139. The first-order chi connectivity index (χ1) is 11.3. The van der Waals surface area contributed by atoms with E-state index in [2.05, 4.69) is 4.98 Å². The number of H-pyrrole nitrogens is 1. The van der Waals surface area contributed by atoms with Crippen molar-refractivity contribution in [3.8, 4) is 0 Å². The molecule has 2 aromatic rings. The number of nitrogens with zero attached hydrogens (tertiary/aromatic N) is 1. The van der Waals surface area contributed by atoms with Gasteiger partial charge in [0.1, 0.15) is 6.35 Å². The van der Waals surface area contributed by atoms with Crippen molar-refractivity contribution in [3.05, 3.63) is 69.0 Å². The van der Waals surface area contributed by atoms with Gasteiger partial charge < -0.3 is 14.5 Å². The van der Waals surface area contributed by atoms with Crippen LogP contribution in [0.4, 0.5) is 0 Å². The molecular weight excluding hydrogens is 335 g/mol. The predicted octanol–water partition coefficient (Wildman–Crippen LogP) is 0.452.